The predicted octanol–water partition coefficient (Wildman–Crippen LogP) is 4.08. The second-order valence-electron chi connectivity index (χ2n) is 16.7. The SMILES string of the molecule is CN1CCN(CCCC(=O)c2cc(S(N)(=O)=O)c(Cl)cc2NCc2ccco2)CC1.CN1CCN(CCN)CC1.NS(=O)(=O)c1cc(C(=O)O)c(NCc2ccco2)cc1Cl.O=C(n1ccnc1)n1ccnc1. The molecule has 2 fully saturated rings. The number of nitrogens with zero attached hydrogens (tertiary/aromatic N) is 8. The van der Waals surface area contributed by atoms with Crippen LogP contribution in [0.25, 0.3) is 0 Å². The zero-order valence-electron chi connectivity index (χ0n) is 40.3. The van der Waals surface area contributed by atoms with Crippen LogP contribution in [-0.2, 0) is 33.1 Å². The smallest absolute Gasteiger partial charge is 0.338 e. The first-order valence-electron chi connectivity index (χ1n) is 22.8. The van der Waals surface area contributed by atoms with Gasteiger partial charge in [0, 0.05) is 108 Å². The Labute approximate surface area is 433 Å². The molecule has 0 aliphatic carbocycles. The van der Waals surface area contributed by atoms with Crippen LogP contribution >= 0.6 is 23.2 Å². The van der Waals surface area contributed by atoms with Gasteiger partial charge in [-0.15, -0.1) is 0 Å². The van der Waals surface area contributed by atoms with Crippen molar-refractivity contribution in [1.29, 1.82) is 0 Å². The van der Waals surface area contributed by atoms with E-state index in [1.165, 1.54) is 72.4 Å². The number of nitrogens with two attached hydrogens (primary N) is 3. The first-order valence-corrected chi connectivity index (χ1v) is 26.6. The van der Waals surface area contributed by atoms with Gasteiger partial charge in [-0.3, -0.25) is 18.8 Å². The minimum atomic E-state index is -4.11. The zero-order valence-corrected chi connectivity index (χ0v) is 43.5. The number of halogens is 2. The van der Waals surface area contributed by atoms with Gasteiger partial charge in [0.15, 0.2) is 5.78 Å². The number of imidazole rings is 2. The van der Waals surface area contributed by atoms with E-state index in [0.717, 1.165) is 51.9 Å². The summed E-state index contributed by atoms with van der Waals surface area (Å²) in [4.78, 5) is 51.8. The van der Waals surface area contributed by atoms with Crippen molar-refractivity contribution < 1.29 is 45.2 Å². The fourth-order valence-corrected chi connectivity index (χ4v) is 9.43. The molecule has 0 amide bonds. The lowest BCUT2D eigenvalue weighted by molar-refractivity contribution is 0.0697. The number of aromatic nitrogens is 4. The number of primary sulfonamides is 2. The lowest BCUT2D eigenvalue weighted by Crippen LogP contribution is -2.45. The number of rotatable bonds is 16. The van der Waals surface area contributed by atoms with Gasteiger partial charge in [0.1, 0.15) is 34.0 Å². The molecule has 8 rings (SSSR count). The Kier molecular flexibility index (Phi) is 22.1. The third kappa shape index (κ3) is 18.5. The number of carbonyl (C=O) groups excluding carboxylic acids is 2. The maximum atomic E-state index is 12.9. The number of Topliss-reactive ketones (excluding diaryl/α,β-unsaturated/α-hetero) is 1. The molecule has 0 saturated carbocycles. The van der Waals surface area contributed by atoms with E-state index >= 15 is 0 Å². The van der Waals surface area contributed by atoms with Gasteiger partial charge in [0.25, 0.3) is 0 Å². The number of furan rings is 2. The molecule has 396 valence electrons. The van der Waals surface area contributed by atoms with E-state index in [0.29, 0.717) is 36.6 Å². The van der Waals surface area contributed by atoms with Gasteiger partial charge in [0.2, 0.25) is 20.0 Å². The number of piperazine rings is 2. The van der Waals surface area contributed by atoms with Gasteiger partial charge in [-0.05, 0) is 75.6 Å². The van der Waals surface area contributed by atoms with Crippen LogP contribution in [-0.4, -0.2) is 165 Å². The normalized spacial score (nSPS) is 14.7. The summed E-state index contributed by atoms with van der Waals surface area (Å²) in [5.74, 6) is -0.209. The molecule has 9 N–H and O–H groups in total. The van der Waals surface area contributed by atoms with Crippen molar-refractivity contribution in [3.8, 4) is 0 Å². The van der Waals surface area contributed by atoms with Gasteiger partial charge in [-0.25, -0.2) is 46.7 Å². The number of aromatic carboxylic acids is 1. The number of nitrogens with one attached hydrogen (secondary N) is 2. The van der Waals surface area contributed by atoms with E-state index in [1.54, 1.807) is 55.3 Å². The third-order valence-electron chi connectivity index (χ3n) is 11.3. The van der Waals surface area contributed by atoms with Crippen LogP contribution in [0.4, 0.5) is 16.2 Å². The Bertz CT molecular complexity index is 2860. The van der Waals surface area contributed by atoms with Crippen molar-refractivity contribution in [3.05, 3.63) is 131 Å². The summed E-state index contributed by atoms with van der Waals surface area (Å²) in [5, 5.41) is 25.2. The van der Waals surface area contributed by atoms with E-state index < -0.39 is 30.9 Å². The minimum Gasteiger partial charge on any atom is -0.478 e. The molecular weight excluding hydrogens is 1030 g/mol. The van der Waals surface area contributed by atoms with Gasteiger partial charge in [0.05, 0.1) is 46.9 Å². The molecule has 2 aliphatic heterocycles. The second kappa shape index (κ2) is 27.9. The lowest BCUT2D eigenvalue weighted by Gasteiger charge is -2.32. The highest BCUT2D eigenvalue weighted by Gasteiger charge is 2.23. The number of carboxylic acid groups (broad SMARTS) is 1. The van der Waals surface area contributed by atoms with Gasteiger partial charge in [-0.2, -0.15) is 0 Å². The Balaban J connectivity index is 0.000000198. The number of ketones is 1. The number of carboxylic acids is 1. The van der Waals surface area contributed by atoms with E-state index in [4.69, 9.17) is 53.2 Å². The predicted molar refractivity (Wildman–Crippen MR) is 276 cm³/mol. The van der Waals surface area contributed by atoms with E-state index in [2.05, 4.69) is 54.3 Å². The summed E-state index contributed by atoms with van der Waals surface area (Å²) in [5.41, 5.74) is 6.06. The summed E-state index contributed by atoms with van der Waals surface area (Å²) in [6.07, 6.45) is 13.2. The number of likely N-dealkylation sites (N-methyl/N-ethyl adjacent to an activating group) is 2. The molecule has 0 radical (unpaired) electrons. The molecule has 0 unspecified atom stereocenters. The van der Waals surface area contributed by atoms with Gasteiger partial charge < -0.3 is 45.0 Å². The van der Waals surface area contributed by atoms with E-state index in [1.807, 2.05) is 0 Å². The van der Waals surface area contributed by atoms with E-state index in [-0.39, 0.29) is 50.1 Å². The van der Waals surface area contributed by atoms with Crippen LogP contribution in [0.1, 0.15) is 45.1 Å². The summed E-state index contributed by atoms with van der Waals surface area (Å²) < 4.78 is 59.6. The molecule has 0 spiro atoms. The third-order valence-corrected chi connectivity index (χ3v) is 14.1. The highest BCUT2D eigenvalue weighted by Crippen LogP contribution is 2.31. The summed E-state index contributed by atoms with van der Waals surface area (Å²) >= 11 is 12.0. The van der Waals surface area contributed by atoms with Crippen LogP contribution in [0.15, 0.2) is 117 Å². The topological polar surface area (TPSA) is 317 Å². The molecule has 0 atom stereocenters. The molecule has 2 aliphatic rings. The average molecular weight is 1090 g/mol. The number of sulfonamides is 2. The van der Waals surface area contributed by atoms with Crippen molar-refractivity contribution in [3.63, 3.8) is 0 Å². The Hall–Kier alpha value is -5.97. The lowest BCUT2D eigenvalue weighted by atomic mass is 10.0. The maximum Gasteiger partial charge on any atom is 0.338 e. The standard InChI is InChI=1S/C20H27ClN4O4S.C12H11ClN2O5S.C7H6N4O.C7H17N3/c1-24-7-9-25(10-8-24)6-2-5-19(26)16-12-20(30(22,27)28)17(21)13-18(16)23-14-15-4-3-11-29-15;13-9-5-10(15-6-7-2-1-3-20-7)8(12(16)17)4-11(9)21(14,18)19;12-7(10-3-1-8-5-10)11-4-2-9-6-11;1-9-4-6-10(3-2-8)7-5-9/h3-4,11-13,23H,2,5-10,14H2,1H3,(H2,22,27,28);1-5,15H,6H2,(H,16,17)(H2,14,18,19);1-6H;2-8H2,1H3. The van der Waals surface area contributed by atoms with Crippen LogP contribution in [0.5, 0.6) is 0 Å². The van der Waals surface area contributed by atoms with Crippen LogP contribution < -0.4 is 26.6 Å². The number of hydrogen-bond acceptors (Lipinski definition) is 18. The Morgan fingerprint density at radius 3 is 1.51 bits per heavy atom. The zero-order chi connectivity index (χ0) is 53.1. The minimum absolute atomic E-state index is 0.0339. The van der Waals surface area contributed by atoms with Crippen molar-refractivity contribution in [2.45, 2.75) is 35.7 Å². The molecule has 4 aromatic heterocycles. The first kappa shape index (κ1) is 57.9. The first-order chi connectivity index (χ1) is 34.7. The molecule has 73 heavy (non-hydrogen) atoms. The molecule has 0 bridgehead atoms. The van der Waals surface area contributed by atoms with Gasteiger partial charge >= 0.3 is 12.0 Å². The Morgan fingerprint density at radius 2 is 1.12 bits per heavy atom. The quantitative estimate of drug-likeness (QED) is 0.0744. The van der Waals surface area contributed by atoms with Crippen LogP contribution in [0.2, 0.25) is 10.0 Å². The molecule has 27 heteroatoms. The van der Waals surface area contributed by atoms with Crippen molar-refractivity contribution in [2.24, 2.45) is 16.0 Å². The number of carbonyl (C=O) groups is 3. The van der Waals surface area contributed by atoms with Gasteiger partial charge in [-0.1, -0.05) is 23.2 Å². The highest BCUT2D eigenvalue weighted by molar-refractivity contribution is 7.89. The van der Waals surface area contributed by atoms with Crippen molar-refractivity contribution in [1.82, 2.24) is 38.7 Å². The Morgan fingerprint density at radius 1 is 0.685 bits per heavy atom. The fourth-order valence-electron chi connectivity index (χ4n) is 7.24. The second-order valence-corrected chi connectivity index (χ2v) is 20.6. The van der Waals surface area contributed by atoms with Crippen molar-refractivity contribution >= 4 is 72.4 Å². The molecule has 23 nitrogen and oxygen atoms in total. The van der Waals surface area contributed by atoms with E-state index in [9.17, 15) is 31.2 Å². The summed E-state index contributed by atoms with van der Waals surface area (Å²) in [7, 11) is -3.89. The molecule has 2 saturated heterocycles. The van der Waals surface area contributed by atoms with Crippen LogP contribution in [0.3, 0.4) is 0 Å². The van der Waals surface area contributed by atoms with Crippen molar-refractivity contribution in [2.75, 3.05) is 96.7 Å². The monoisotopic (exact) mass is 1090 g/mol. The molecule has 2 aromatic carbocycles. The molecular formula is C46H61Cl2N13O10S2. The molecule has 6 aromatic rings. The fraction of sp³-hybridized carbons (Fsp3) is 0.370. The summed E-state index contributed by atoms with van der Waals surface area (Å²) in [6.45, 7) is 12.0. The average Bonchev–Trinajstić information content (AvgIpc) is 4.21. The maximum absolute atomic E-state index is 12.9. The largest absolute Gasteiger partial charge is 0.478 e. The molecule has 6 heterocycles. The number of benzene rings is 2. The number of anilines is 2. The van der Waals surface area contributed by atoms with Crippen LogP contribution in [0, 0.1) is 0 Å². The number of hydrogen-bond donors (Lipinski definition) is 6. The summed E-state index contributed by atoms with van der Waals surface area (Å²) in [6, 6.07) is 11.6. The highest BCUT2D eigenvalue weighted by atomic mass is 35.5.